The summed E-state index contributed by atoms with van der Waals surface area (Å²) in [4.78, 5) is 22.2. The lowest BCUT2D eigenvalue weighted by Gasteiger charge is -2.18. The van der Waals surface area contributed by atoms with Crippen molar-refractivity contribution in [2.75, 3.05) is 13.7 Å². The van der Waals surface area contributed by atoms with Gasteiger partial charge >= 0.3 is 5.97 Å². The molecule has 1 fully saturated rings. The van der Waals surface area contributed by atoms with Gasteiger partial charge in [0, 0.05) is 19.0 Å². The van der Waals surface area contributed by atoms with Gasteiger partial charge in [0.2, 0.25) is 5.91 Å². The summed E-state index contributed by atoms with van der Waals surface area (Å²) in [6, 6.07) is -0.593. The van der Waals surface area contributed by atoms with Crippen molar-refractivity contribution in [1.82, 2.24) is 10.6 Å². The Morgan fingerprint density at radius 3 is 2.47 bits per heavy atom. The van der Waals surface area contributed by atoms with Gasteiger partial charge in [-0.15, -0.1) is 0 Å². The molecule has 1 unspecified atom stereocenters. The minimum atomic E-state index is -0.593. The highest BCUT2D eigenvalue weighted by molar-refractivity contribution is 5.83. The molecule has 0 aromatic carbocycles. The average Bonchev–Trinajstić information content (AvgIpc) is 2.90. The predicted molar refractivity (Wildman–Crippen MR) is 55.3 cm³/mol. The molecule has 15 heavy (non-hydrogen) atoms. The Bertz CT molecular complexity index is 261. The molecule has 5 heteroatoms. The van der Waals surface area contributed by atoms with Crippen molar-refractivity contribution in [1.29, 1.82) is 0 Å². The van der Waals surface area contributed by atoms with Crippen LogP contribution in [0.5, 0.6) is 0 Å². The molecule has 0 bridgehead atoms. The summed E-state index contributed by atoms with van der Waals surface area (Å²) < 4.78 is 4.61. The maximum atomic E-state index is 11.3. The number of methoxy groups -OCH3 is 1. The molecule has 1 amide bonds. The van der Waals surface area contributed by atoms with Gasteiger partial charge in [-0.25, -0.2) is 4.79 Å². The van der Waals surface area contributed by atoms with Crippen molar-refractivity contribution >= 4 is 11.9 Å². The quantitative estimate of drug-likeness (QED) is 0.622. The fraction of sp³-hybridized carbons (Fsp3) is 0.800. The summed E-state index contributed by atoms with van der Waals surface area (Å²) >= 11 is 0. The number of nitrogens with one attached hydrogen (secondary N) is 2. The topological polar surface area (TPSA) is 67.4 Å². The number of hydrogen-bond acceptors (Lipinski definition) is 4. The van der Waals surface area contributed by atoms with E-state index >= 15 is 0 Å². The van der Waals surface area contributed by atoms with Gasteiger partial charge < -0.3 is 15.4 Å². The van der Waals surface area contributed by atoms with Crippen molar-refractivity contribution < 1.29 is 14.3 Å². The first-order chi connectivity index (χ1) is 6.97. The van der Waals surface area contributed by atoms with E-state index in [0.29, 0.717) is 6.54 Å². The van der Waals surface area contributed by atoms with E-state index in [0.717, 1.165) is 12.8 Å². The van der Waals surface area contributed by atoms with Gasteiger partial charge in [0.05, 0.1) is 7.11 Å². The van der Waals surface area contributed by atoms with Gasteiger partial charge in [-0.1, -0.05) is 0 Å². The summed E-state index contributed by atoms with van der Waals surface area (Å²) in [6.45, 7) is 3.90. The SMILES string of the molecule is COC(=O)C(CNC1(C)CC1)NC(C)=O. The standard InChI is InChI=1S/C10H18N2O3/c1-7(13)12-8(9(14)15-3)6-11-10(2)4-5-10/h8,11H,4-6H2,1-3H3,(H,12,13). The zero-order chi connectivity index (χ0) is 11.5. The van der Waals surface area contributed by atoms with Gasteiger partial charge in [-0.05, 0) is 19.8 Å². The lowest BCUT2D eigenvalue weighted by molar-refractivity contribution is -0.144. The van der Waals surface area contributed by atoms with Crippen molar-refractivity contribution in [3.05, 3.63) is 0 Å². The maximum absolute atomic E-state index is 11.3. The van der Waals surface area contributed by atoms with Crippen LogP contribution in [0.1, 0.15) is 26.7 Å². The van der Waals surface area contributed by atoms with Gasteiger partial charge in [-0.2, -0.15) is 0 Å². The number of ether oxygens (including phenoxy) is 1. The molecule has 1 aliphatic carbocycles. The largest absolute Gasteiger partial charge is 0.467 e. The second-order valence-corrected chi connectivity index (χ2v) is 4.22. The van der Waals surface area contributed by atoms with Gasteiger partial charge in [0.15, 0.2) is 0 Å². The molecule has 0 aromatic rings. The summed E-state index contributed by atoms with van der Waals surface area (Å²) in [5.41, 5.74) is 0.144. The van der Waals surface area contributed by atoms with Crippen LogP contribution in [-0.4, -0.2) is 37.1 Å². The molecule has 0 spiro atoms. The molecular weight excluding hydrogens is 196 g/mol. The highest BCUT2D eigenvalue weighted by Gasteiger charge is 2.37. The highest BCUT2D eigenvalue weighted by atomic mass is 16.5. The third kappa shape index (κ3) is 3.87. The Hall–Kier alpha value is -1.10. The van der Waals surface area contributed by atoms with E-state index < -0.39 is 12.0 Å². The second kappa shape index (κ2) is 4.61. The third-order valence-electron chi connectivity index (χ3n) is 2.60. The van der Waals surface area contributed by atoms with E-state index in [1.54, 1.807) is 0 Å². The van der Waals surface area contributed by atoms with E-state index in [4.69, 9.17) is 0 Å². The Morgan fingerprint density at radius 1 is 1.47 bits per heavy atom. The molecule has 0 heterocycles. The van der Waals surface area contributed by atoms with Gasteiger partial charge in [0.1, 0.15) is 6.04 Å². The smallest absolute Gasteiger partial charge is 0.329 e. The number of hydrogen-bond donors (Lipinski definition) is 2. The maximum Gasteiger partial charge on any atom is 0.329 e. The summed E-state index contributed by atoms with van der Waals surface area (Å²) in [5, 5.41) is 5.79. The lowest BCUT2D eigenvalue weighted by Crippen LogP contribution is -2.49. The summed E-state index contributed by atoms with van der Waals surface area (Å²) in [6.07, 6.45) is 2.22. The number of rotatable bonds is 5. The molecule has 5 nitrogen and oxygen atoms in total. The Kier molecular flexibility index (Phi) is 3.68. The zero-order valence-corrected chi connectivity index (χ0v) is 9.42. The molecule has 0 aromatic heterocycles. The zero-order valence-electron chi connectivity index (χ0n) is 9.42. The molecule has 86 valence electrons. The normalized spacial score (nSPS) is 19.1. The molecule has 1 atom stereocenters. The molecule has 0 aliphatic heterocycles. The van der Waals surface area contributed by atoms with Crippen molar-refractivity contribution in [2.24, 2.45) is 0 Å². The monoisotopic (exact) mass is 214 g/mol. The van der Waals surface area contributed by atoms with Crippen LogP contribution in [0, 0.1) is 0 Å². The van der Waals surface area contributed by atoms with Crippen LogP contribution in [0.3, 0.4) is 0 Å². The second-order valence-electron chi connectivity index (χ2n) is 4.22. The van der Waals surface area contributed by atoms with Crippen LogP contribution in [0.25, 0.3) is 0 Å². The van der Waals surface area contributed by atoms with Crippen LogP contribution in [-0.2, 0) is 14.3 Å². The van der Waals surface area contributed by atoms with E-state index in [2.05, 4.69) is 22.3 Å². The summed E-state index contributed by atoms with van der Waals surface area (Å²) in [7, 11) is 1.32. The first-order valence-electron chi connectivity index (χ1n) is 5.07. The van der Waals surface area contributed by atoms with Gasteiger partial charge in [0.25, 0.3) is 0 Å². The van der Waals surface area contributed by atoms with Crippen LogP contribution < -0.4 is 10.6 Å². The highest BCUT2D eigenvalue weighted by Crippen LogP contribution is 2.33. The average molecular weight is 214 g/mol. The van der Waals surface area contributed by atoms with Crippen molar-refractivity contribution in [2.45, 2.75) is 38.3 Å². The minimum absolute atomic E-state index is 0.144. The molecular formula is C10H18N2O3. The van der Waals surface area contributed by atoms with Crippen LogP contribution >= 0.6 is 0 Å². The van der Waals surface area contributed by atoms with E-state index in [-0.39, 0.29) is 11.4 Å². The predicted octanol–water partition coefficient (Wildman–Crippen LogP) is -0.194. The summed E-state index contributed by atoms with van der Waals surface area (Å²) in [5.74, 6) is -0.643. The van der Waals surface area contributed by atoms with E-state index in [1.165, 1.54) is 14.0 Å². The number of amides is 1. The third-order valence-corrected chi connectivity index (χ3v) is 2.60. The molecule has 1 saturated carbocycles. The number of esters is 1. The minimum Gasteiger partial charge on any atom is -0.467 e. The molecule has 1 rings (SSSR count). The first-order valence-corrected chi connectivity index (χ1v) is 5.07. The van der Waals surface area contributed by atoms with Crippen LogP contribution in [0.15, 0.2) is 0 Å². The fourth-order valence-electron chi connectivity index (χ4n) is 1.29. The van der Waals surface area contributed by atoms with E-state index in [1.807, 2.05) is 0 Å². The Labute approximate surface area is 89.6 Å². The van der Waals surface area contributed by atoms with Crippen LogP contribution in [0.2, 0.25) is 0 Å². The Morgan fingerprint density at radius 2 is 2.07 bits per heavy atom. The van der Waals surface area contributed by atoms with Crippen molar-refractivity contribution in [3.63, 3.8) is 0 Å². The first kappa shape index (κ1) is 12.0. The number of carbonyl (C=O) groups excluding carboxylic acids is 2. The fourth-order valence-corrected chi connectivity index (χ4v) is 1.29. The van der Waals surface area contributed by atoms with Gasteiger partial charge in [-0.3, -0.25) is 4.79 Å². The number of carbonyl (C=O) groups is 2. The molecule has 0 radical (unpaired) electrons. The Balaban J connectivity index is 2.40. The molecule has 0 saturated heterocycles. The lowest BCUT2D eigenvalue weighted by atomic mass is 10.2. The van der Waals surface area contributed by atoms with Crippen molar-refractivity contribution in [3.8, 4) is 0 Å². The van der Waals surface area contributed by atoms with Crippen LogP contribution in [0.4, 0.5) is 0 Å². The van der Waals surface area contributed by atoms with E-state index in [9.17, 15) is 9.59 Å². The molecule has 1 aliphatic rings. The molecule has 2 N–H and O–H groups in total.